The SMILES string of the molecule is CCCCNC(=O)c1cc2c([nH]c3ccccc32)c(-c2ccc(C)cc2)n1. The molecule has 2 N–H and O–H groups in total. The molecule has 4 rings (SSSR count). The highest BCUT2D eigenvalue weighted by Crippen LogP contribution is 2.32. The van der Waals surface area contributed by atoms with Gasteiger partial charge in [0.25, 0.3) is 5.91 Å². The number of aryl methyl sites for hydroxylation is 1. The van der Waals surface area contributed by atoms with Crippen molar-refractivity contribution in [2.75, 3.05) is 6.54 Å². The number of aromatic amines is 1. The van der Waals surface area contributed by atoms with Crippen LogP contribution in [0.5, 0.6) is 0 Å². The van der Waals surface area contributed by atoms with E-state index in [-0.39, 0.29) is 5.91 Å². The molecule has 4 nitrogen and oxygen atoms in total. The van der Waals surface area contributed by atoms with Crippen molar-refractivity contribution in [3.63, 3.8) is 0 Å². The van der Waals surface area contributed by atoms with Crippen molar-refractivity contribution < 1.29 is 4.79 Å². The van der Waals surface area contributed by atoms with Gasteiger partial charge in [-0.2, -0.15) is 0 Å². The second-order valence-corrected chi connectivity index (χ2v) is 6.92. The molecule has 0 bridgehead atoms. The second kappa shape index (κ2) is 7.23. The van der Waals surface area contributed by atoms with E-state index in [1.54, 1.807) is 0 Å². The van der Waals surface area contributed by atoms with E-state index in [0.717, 1.165) is 45.9 Å². The molecule has 27 heavy (non-hydrogen) atoms. The number of nitrogens with zero attached hydrogens (tertiary/aromatic N) is 1. The number of nitrogens with one attached hydrogen (secondary N) is 2. The minimum Gasteiger partial charge on any atom is -0.353 e. The molecule has 0 atom stereocenters. The number of hydrogen-bond donors (Lipinski definition) is 2. The van der Waals surface area contributed by atoms with Crippen LogP contribution in [-0.2, 0) is 0 Å². The third kappa shape index (κ3) is 3.31. The third-order valence-electron chi connectivity index (χ3n) is 4.87. The average Bonchev–Trinajstić information content (AvgIpc) is 3.07. The van der Waals surface area contributed by atoms with Crippen LogP contribution in [-0.4, -0.2) is 22.4 Å². The lowest BCUT2D eigenvalue weighted by Gasteiger charge is -2.08. The average molecular weight is 357 g/mol. The van der Waals surface area contributed by atoms with Crippen molar-refractivity contribution in [2.24, 2.45) is 0 Å². The number of fused-ring (bicyclic) bond motifs is 3. The molecule has 2 aromatic heterocycles. The van der Waals surface area contributed by atoms with Crippen molar-refractivity contribution in [3.8, 4) is 11.3 Å². The normalized spacial score (nSPS) is 11.2. The van der Waals surface area contributed by atoms with Crippen molar-refractivity contribution in [2.45, 2.75) is 26.7 Å². The predicted octanol–water partition coefficient (Wildman–Crippen LogP) is 5.22. The maximum Gasteiger partial charge on any atom is 0.269 e. The van der Waals surface area contributed by atoms with Crippen LogP contribution in [0, 0.1) is 6.92 Å². The molecule has 2 heterocycles. The van der Waals surface area contributed by atoms with Gasteiger partial charge in [0, 0.05) is 28.4 Å². The molecule has 136 valence electrons. The first-order chi connectivity index (χ1) is 13.2. The first kappa shape index (κ1) is 17.3. The summed E-state index contributed by atoms with van der Waals surface area (Å²) in [4.78, 5) is 20.9. The van der Waals surface area contributed by atoms with Gasteiger partial charge in [-0.1, -0.05) is 61.4 Å². The monoisotopic (exact) mass is 357 g/mol. The largest absolute Gasteiger partial charge is 0.353 e. The maximum absolute atomic E-state index is 12.7. The van der Waals surface area contributed by atoms with Gasteiger partial charge in [-0.15, -0.1) is 0 Å². The zero-order valence-electron chi connectivity index (χ0n) is 15.7. The van der Waals surface area contributed by atoms with Gasteiger partial charge >= 0.3 is 0 Å². The molecule has 0 aliphatic rings. The van der Waals surface area contributed by atoms with Gasteiger partial charge in [-0.3, -0.25) is 4.79 Å². The lowest BCUT2D eigenvalue weighted by Crippen LogP contribution is -2.25. The topological polar surface area (TPSA) is 57.8 Å². The number of carbonyl (C=O) groups excluding carboxylic acids is 1. The number of amides is 1. The number of H-pyrrole nitrogens is 1. The highest BCUT2D eigenvalue weighted by molar-refractivity contribution is 6.13. The molecule has 1 amide bonds. The molecule has 0 radical (unpaired) electrons. The maximum atomic E-state index is 12.7. The molecule has 0 spiro atoms. The van der Waals surface area contributed by atoms with Crippen LogP contribution in [0.15, 0.2) is 54.6 Å². The summed E-state index contributed by atoms with van der Waals surface area (Å²) in [6, 6.07) is 18.3. The van der Waals surface area contributed by atoms with Crippen LogP contribution in [0.3, 0.4) is 0 Å². The first-order valence-corrected chi connectivity index (χ1v) is 9.44. The summed E-state index contributed by atoms with van der Waals surface area (Å²) in [6.45, 7) is 4.84. The van der Waals surface area contributed by atoms with Gasteiger partial charge in [0.05, 0.1) is 11.2 Å². The Kier molecular flexibility index (Phi) is 4.63. The molecule has 0 unspecified atom stereocenters. The predicted molar refractivity (Wildman–Crippen MR) is 111 cm³/mol. The van der Waals surface area contributed by atoms with Crippen LogP contribution in [0.4, 0.5) is 0 Å². The quantitative estimate of drug-likeness (QED) is 0.481. The van der Waals surface area contributed by atoms with E-state index in [0.29, 0.717) is 12.2 Å². The summed E-state index contributed by atoms with van der Waals surface area (Å²) >= 11 is 0. The third-order valence-corrected chi connectivity index (χ3v) is 4.87. The Bertz CT molecular complexity index is 1110. The van der Waals surface area contributed by atoms with Crippen molar-refractivity contribution >= 4 is 27.7 Å². The molecule has 0 saturated heterocycles. The zero-order chi connectivity index (χ0) is 18.8. The van der Waals surface area contributed by atoms with E-state index in [4.69, 9.17) is 4.98 Å². The molecule has 4 heteroatoms. The van der Waals surface area contributed by atoms with Gasteiger partial charge in [0.1, 0.15) is 5.69 Å². The Hall–Kier alpha value is -3.14. The summed E-state index contributed by atoms with van der Waals surface area (Å²) in [5, 5.41) is 5.11. The van der Waals surface area contributed by atoms with Crippen LogP contribution in [0.2, 0.25) is 0 Å². The molecular formula is C23H23N3O. The first-order valence-electron chi connectivity index (χ1n) is 9.44. The zero-order valence-corrected chi connectivity index (χ0v) is 15.7. The summed E-state index contributed by atoms with van der Waals surface area (Å²) in [7, 11) is 0. The Morgan fingerprint density at radius 2 is 1.85 bits per heavy atom. The number of pyridine rings is 1. The summed E-state index contributed by atoms with van der Waals surface area (Å²) < 4.78 is 0. The number of aromatic nitrogens is 2. The van der Waals surface area contributed by atoms with Crippen molar-refractivity contribution in [1.82, 2.24) is 15.3 Å². The Balaban J connectivity index is 1.91. The van der Waals surface area contributed by atoms with E-state index < -0.39 is 0 Å². The summed E-state index contributed by atoms with van der Waals surface area (Å²) in [6.07, 6.45) is 2.01. The van der Waals surface area contributed by atoms with E-state index >= 15 is 0 Å². The lowest BCUT2D eigenvalue weighted by atomic mass is 10.1. The highest BCUT2D eigenvalue weighted by atomic mass is 16.1. The van der Waals surface area contributed by atoms with Crippen molar-refractivity contribution in [1.29, 1.82) is 0 Å². The van der Waals surface area contributed by atoms with Crippen molar-refractivity contribution in [3.05, 3.63) is 65.9 Å². The van der Waals surface area contributed by atoms with E-state index in [2.05, 4.69) is 60.5 Å². The molecular weight excluding hydrogens is 334 g/mol. The standard InChI is InChI=1S/C23H23N3O/c1-3-4-13-24-23(27)20-14-18-17-7-5-6-8-19(17)25-22(18)21(26-20)16-11-9-15(2)10-12-16/h5-12,14,25H,3-4,13H2,1-2H3,(H,24,27). The fourth-order valence-corrected chi connectivity index (χ4v) is 3.35. The highest BCUT2D eigenvalue weighted by Gasteiger charge is 2.16. The number of benzene rings is 2. The minimum atomic E-state index is -0.121. The van der Waals surface area contributed by atoms with Gasteiger partial charge in [0.15, 0.2) is 0 Å². The summed E-state index contributed by atoms with van der Waals surface area (Å²) in [5.74, 6) is -0.121. The van der Waals surface area contributed by atoms with Gasteiger partial charge in [-0.25, -0.2) is 4.98 Å². The number of rotatable bonds is 5. The molecule has 2 aromatic carbocycles. The van der Waals surface area contributed by atoms with Gasteiger partial charge in [-0.05, 0) is 25.5 Å². The van der Waals surface area contributed by atoms with Crippen LogP contribution in [0.25, 0.3) is 33.1 Å². The lowest BCUT2D eigenvalue weighted by molar-refractivity contribution is 0.0948. The number of hydrogen-bond acceptors (Lipinski definition) is 2. The van der Waals surface area contributed by atoms with Crippen LogP contribution in [0.1, 0.15) is 35.8 Å². The fourth-order valence-electron chi connectivity index (χ4n) is 3.35. The molecule has 0 aliphatic carbocycles. The number of carbonyl (C=O) groups is 1. The van der Waals surface area contributed by atoms with Crippen LogP contribution >= 0.6 is 0 Å². The summed E-state index contributed by atoms with van der Waals surface area (Å²) in [5.41, 5.74) is 5.47. The number of unbranched alkanes of at least 4 members (excludes halogenated alkanes) is 1. The van der Waals surface area contributed by atoms with Gasteiger partial charge in [0.2, 0.25) is 0 Å². The smallest absolute Gasteiger partial charge is 0.269 e. The van der Waals surface area contributed by atoms with E-state index in [1.807, 2.05) is 18.2 Å². The molecule has 0 aliphatic heterocycles. The Morgan fingerprint density at radius 3 is 2.63 bits per heavy atom. The number of para-hydroxylation sites is 1. The second-order valence-electron chi connectivity index (χ2n) is 6.92. The Labute approximate surface area is 158 Å². The van der Waals surface area contributed by atoms with Crippen LogP contribution < -0.4 is 5.32 Å². The fraction of sp³-hybridized carbons (Fsp3) is 0.217. The van der Waals surface area contributed by atoms with E-state index in [9.17, 15) is 4.79 Å². The molecule has 4 aromatic rings. The molecule has 0 saturated carbocycles. The Morgan fingerprint density at radius 1 is 1.07 bits per heavy atom. The van der Waals surface area contributed by atoms with Gasteiger partial charge < -0.3 is 10.3 Å². The van der Waals surface area contributed by atoms with E-state index in [1.165, 1.54) is 5.56 Å². The minimum absolute atomic E-state index is 0.121. The molecule has 0 fully saturated rings.